The summed E-state index contributed by atoms with van der Waals surface area (Å²) >= 11 is 6.06. The Morgan fingerprint density at radius 2 is 2.24 bits per heavy atom. The van der Waals surface area contributed by atoms with E-state index < -0.39 is 11.9 Å². The molecule has 1 atom stereocenters. The van der Waals surface area contributed by atoms with Gasteiger partial charge in [0, 0.05) is 6.54 Å². The minimum absolute atomic E-state index is 0.332. The van der Waals surface area contributed by atoms with Crippen LogP contribution in [0.1, 0.15) is 12.0 Å². The molecule has 1 aliphatic heterocycles. The largest absolute Gasteiger partial charge is 0.481 e. The third kappa shape index (κ3) is 2.00. The first-order valence-electron chi connectivity index (χ1n) is 5.31. The molecule has 4 nitrogen and oxygen atoms in total. The first-order valence-corrected chi connectivity index (χ1v) is 5.69. The molecule has 0 bridgehead atoms. The van der Waals surface area contributed by atoms with Crippen LogP contribution in [-0.2, 0) is 9.59 Å². The Morgan fingerprint density at radius 1 is 1.53 bits per heavy atom. The lowest BCUT2D eigenvalue weighted by Crippen LogP contribution is -2.30. The molecular weight excluding hydrogens is 242 g/mol. The number of rotatable bonds is 2. The van der Waals surface area contributed by atoms with Crippen molar-refractivity contribution in [2.45, 2.75) is 13.3 Å². The van der Waals surface area contributed by atoms with E-state index in [1.807, 2.05) is 13.0 Å². The number of nitrogens with zero attached hydrogens (tertiary/aromatic N) is 1. The van der Waals surface area contributed by atoms with Gasteiger partial charge in [-0.1, -0.05) is 23.7 Å². The van der Waals surface area contributed by atoms with Crippen molar-refractivity contribution in [1.29, 1.82) is 0 Å². The van der Waals surface area contributed by atoms with Crippen LogP contribution in [0.2, 0.25) is 5.02 Å². The van der Waals surface area contributed by atoms with E-state index >= 15 is 0 Å². The Morgan fingerprint density at radius 3 is 2.76 bits per heavy atom. The number of carbonyl (C=O) groups is 2. The predicted octanol–water partition coefficient (Wildman–Crippen LogP) is 2.09. The normalized spacial score (nSPS) is 19.8. The summed E-state index contributed by atoms with van der Waals surface area (Å²) < 4.78 is 0. The second-order valence-corrected chi connectivity index (χ2v) is 4.48. The molecule has 2 rings (SSSR count). The molecule has 5 heteroatoms. The summed E-state index contributed by atoms with van der Waals surface area (Å²) in [5.74, 6) is -2.39. The number of aryl methyl sites for hydroxylation is 1. The van der Waals surface area contributed by atoms with Gasteiger partial charge in [0.1, 0.15) is 5.92 Å². The maximum atomic E-state index is 11.9. The van der Waals surface area contributed by atoms with Crippen LogP contribution in [0.25, 0.3) is 0 Å². The lowest BCUT2D eigenvalue weighted by atomic mass is 10.1. The van der Waals surface area contributed by atoms with Gasteiger partial charge in [0.25, 0.3) is 0 Å². The third-order valence-electron chi connectivity index (χ3n) is 2.96. The minimum atomic E-state index is -1.07. The number of aliphatic carboxylic acids is 1. The van der Waals surface area contributed by atoms with Gasteiger partial charge >= 0.3 is 5.97 Å². The minimum Gasteiger partial charge on any atom is -0.481 e. The number of anilines is 1. The van der Waals surface area contributed by atoms with Crippen molar-refractivity contribution in [2.24, 2.45) is 5.92 Å². The molecule has 0 radical (unpaired) electrons. The van der Waals surface area contributed by atoms with Gasteiger partial charge in [-0.25, -0.2) is 0 Å². The summed E-state index contributed by atoms with van der Waals surface area (Å²) in [6, 6.07) is 5.35. The van der Waals surface area contributed by atoms with Crippen molar-refractivity contribution in [2.75, 3.05) is 11.4 Å². The maximum Gasteiger partial charge on any atom is 0.316 e. The van der Waals surface area contributed by atoms with Crippen molar-refractivity contribution in [1.82, 2.24) is 0 Å². The standard InChI is InChI=1S/C12H12ClNO3/c1-7-3-2-4-9(13)10(7)14-6-5-8(11(14)15)12(16)17/h2-4,8H,5-6H2,1H3,(H,16,17). The number of hydrogen-bond acceptors (Lipinski definition) is 2. The highest BCUT2D eigenvalue weighted by Gasteiger charge is 2.38. The van der Waals surface area contributed by atoms with E-state index in [0.717, 1.165) is 5.56 Å². The second-order valence-electron chi connectivity index (χ2n) is 4.07. The molecule has 17 heavy (non-hydrogen) atoms. The number of para-hydroxylation sites is 1. The fraction of sp³-hybridized carbons (Fsp3) is 0.333. The molecule has 1 N–H and O–H groups in total. The molecule has 1 fully saturated rings. The summed E-state index contributed by atoms with van der Waals surface area (Å²) in [5, 5.41) is 9.38. The van der Waals surface area contributed by atoms with E-state index in [1.54, 1.807) is 12.1 Å². The molecule has 1 amide bonds. The Balaban J connectivity index is 2.37. The number of carbonyl (C=O) groups excluding carboxylic acids is 1. The van der Waals surface area contributed by atoms with Gasteiger partial charge in [-0.05, 0) is 25.0 Å². The van der Waals surface area contributed by atoms with Crippen molar-refractivity contribution in [3.63, 3.8) is 0 Å². The van der Waals surface area contributed by atoms with Crippen molar-refractivity contribution >= 4 is 29.2 Å². The predicted molar refractivity (Wildman–Crippen MR) is 64.3 cm³/mol. The zero-order valence-corrected chi connectivity index (χ0v) is 10.1. The molecule has 1 aliphatic rings. The van der Waals surface area contributed by atoms with Crippen molar-refractivity contribution in [3.05, 3.63) is 28.8 Å². The first kappa shape index (κ1) is 11.9. The lowest BCUT2D eigenvalue weighted by molar-refractivity contribution is -0.144. The molecule has 1 heterocycles. The van der Waals surface area contributed by atoms with E-state index in [0.29, 0.717) is 23.7 Å². The van der Waals surface area contributed by atoms with Gasteiger partial charge in [0.15, 0.2) is 0 Å². The highest BCUT2D eigenvalue weighted by molar-refractivity contribution is 6.34. The van der Waals surface area contributed by atoms with Crippen LogP contribution in [0, 0.1) is 12.8 Å². The number of carboxylic acids is 1. The molecule has 1 aromatic rings. The molecule has 1 unspecified atom stereocenters. The van der Waals surface area contributed by atoms with Gasteiger partial charge < -0.3 is 10.0 Å². The summed E-state index contributed by atoms with van der Waals surface area (Å²) in [6.45, 7) is 2.25. The summed E-state index contributed by atoms with van der Waals surface area (Å²) in [7, 11) is 0. The number of carboxylic acid groups (broad SMARTS) is 1. The molecule has 0 aliphatic carbocycles. The lowest BCUT2D eigenvalue weighted by Gasteiger charge is -2.20. The van der Waals surface area contributed by atoms with Crippen LogP contribution in [0.4, 0.5) is 5.69 Å². The zero-order valence-electron chi connectivity index (χ0n) is 9.31. The van der Waals surface area contributed by atoms with Gasteiger partial charge in [-0.15, -0.1) is 0 Å². The summed E-state index contributed by atoms with van der Waals surface area (Å²) in [6.07, 6.45) is 0.332. The third-order valence-corrected chi connectivity index (χ3v) is 3.27. The van der Waals surface area contributed by atoms with Gasteiger partial charge in [-0.2, -0.15) is 0 Å². The molecule has 90 valence electrons. The van der Waals surface area contributed by atoms with Crippen LogP contribution in [0.3, 0.4) is 0 Å². The Bertz CT molecular complexity index is 466. The Hall–Kier alpha value is -1.55. The Kier molecular flexibility index (Phi) is 3.07. The second kappa shape index (κ2) is 4.37. The average Bonchev–Trinajstić information content (AvgIpc) is 2.61. The monoisotopic (exact) mass is 253 g/mol. The highest BCUT2D eigenvalue weighted by atomic mass is 35.5. The van der Waals surface area contributed by atoms with Crippen molar-refractivity contribution < 1.29 is 14.7 Å². The SMILES string of the molecule is Cc1cccc(Cl)c1N1CCC(C(=O)O)C1=O. The highest BCUT2D eigenvalue weighted by Crippen LogP contribution is 2.34. The van der Waals surface area contributed by atoms with E-state index in [1.165, 1.54) is 4.90 Å². The summed E-state index contributed by atoms with van der Waals surface area (Å²) in [4.78, 5) is 24.3. The molecular formula is C12H12ClNO3. The van der Waals surface area contributed by atoms with E-state index in [-0.39, 0.29) is 5.91 Å². The van der Waals surface area contributed by atoms with Crippen LogP contribution < -0.4 is 4.90 Å². The van der Waals surface area contributed by atoms with Gasteiger partial charge in [-0.3, -0.25) is 9.59 Å². The Labute approximate surface area is 104 Å². The molecule has 0 saturated carbocycles. The fourth-order valence-electron chi connectivity index (χ4n) is 2.10. The van der Waals surface area contributed by atoms with Crippen LogP contribution in [-0.4, -0.2) is 23.5 Å². The topological polar surface area (TPSA) is 57.6 Å². The molecule has 1 aromatic carbocycles. The van der Waals surface area contributed by atoms with Crippen LogP contribution in [0.5, 0.6) is 0 Å². The number of hydrogen-bond donors (Lipinski definition) is 1. The number of amides is 1. The fourth-order valence-corrected chi connectivity index (χ4v) is 2.42. The quantitative estimate of drug-likeness (QED) is 0.821. The maximum absolute atomic E-state index is 11.9. The van der Waals surface area contributed by atoms with Gasteiger partial charge in [0.2, 0.25) is 5.91 Å². The molecule has 0 spiro atoms. The number of benzene rings is 1. The summed E-state index contributed by atoms with van der Waals surface area (Å²) in [5.41, 5.74) is 1.50. The van der Waals surface area contributed by atoms with Crippen LogP contribution >= 0.6 is 11.6 Å². The molecule has 1 saturated heterocycles. The van der Waals surface area contributed by atoms with E-state index in [9.17, 15) is 9.59 Å². The van der Waals surface area contributed by atoms with E-state index in [2.05, 4.69) is 0 Å². The van der Waals surface area contributed by atoms with Crippen molar-refractivity contribution in [3.8, 4) is 0 Å². The zero-order chi connectivity index (χ0) is 12.6. The van der Waals surface area contributed by atoms with E-state index in [4.69, 9.17) is 16.7 Å². The first-order chi connectivity index (χ1) is 8.02. The van der Waals surface area contributed by atoms with Crippen LogP contribution in [0.15, 0.2) is 18.2 Å². The number of halogens is 1. The average molecular weight is 254 g/mol. The van der Waals surface area contributed by atoms with Gasteiger partial charge in [0.05, 0.1) is 10.7 Å². The molecule has 0 aromatic heterocycles. The smallest absolute Gasteiger partial charge is 0.316 e.